The predicted molar refractivity (Wildman–Crippen MR) is 53.1 cm³/mol. The molecule has 0 aliphatic heterocycles. The fourth-order valence-electron chi connectivity index (χ4n) is 1.12. The summed E-state index contributed by atoms with van der Waals surface area (Å²) in [7, 11) is 1.63. The highest BCUT2D eigenvalue weighted by Gasteiger charge is 2.04. The molecule has 0 aliphatic rings. The van der Waals surface area contributed by atoms with Gasteiger partial charge < -0.3 is 9.47 Å². The summed E-state index contributed by atoms with van der Waals surface area (Å²) in [6.07, 6.45) is 0.768. The summed E-state index contributed by atoms with van der Waals surface area (Å²) in [6.45, 7) is 2.83. The van der Waals surface area contributed by atoms with E-state index in [9.17, 15) is 4.39 Å². The number of hydrogen-bond donors (Lipinski definition) is 0. The molecule has 14 heavy (non-hydrogen) atoms. The maximum absolute atomic E-state index is 13.4. The van der Waals surface area contributed by atoms with E-state index < -0.39 is 0 Å². The van der Waals surface area contributed by atoms with Crippen LogP contribution in [0.3, 0.4) is 0 Å². The molecule has 78 valence electrons. The Morgan fingerprint density at radius 1 is 1.29 bits per heavy atom. The van der Waals surface area contributed by atoms with Gasteiger partial charge in [-0.25, -0.2) is 4.39 Å². The third kappa shape index (κ3) is 3.00. The lowest BCUT2D eigenvalue weighted by molar-refractivity contribution is 0.170. The van der Waals surface area contributed by atoms with Crippen molar-refractivity contribution in [2.45, 2.75) is 13.3 Å². The summed E-state index contributed by atoms with van der Waals surface area (Å²) in [5.41, 5.74) is 0.606. The molecule has 0 aromatic heterocycles. The van der Waals surface area contributed by atoms with E-state index in [0.717, 1.165) is 6.42 Å². The largest absolute Gasteiger partial charge is 0.490 e. The summed E-state index contributed by atoms with van der Waals surface area (Å²) in [5, 5.41) is 0. The Labute approximate surface area is 83.6 Å². The molecule has 0 heterocycles. The lowest BCUT2D eigenvalue weighted by Gasteiger charge is -2.07. The van der Waals surface area contributed by atoms with Crippen LogP contribution in [0.4, 0.5) is 4.39 Å². The second-order valence-corrected chi connectivity index (χ2v) is 3.08. The Morgan fingerprint density at radius 2 is 2.07 bits per heavy atom. The SMILES string of the molecule is COCCCOc1cccc(C)c1F. The van der Waals surface area contributed by atoms with Crippen molar-refractivity contribution in [2.75, 3.05) is 20.3 Å². The predicted octanol–water partition coefficient (Wildman–Crippen LogP) is 2.55. The molecule has 0 fully saturated rings. The first kappa shape index (κ1) is 11.0. The smallest absolute Gasteiger partial charge is 0.167 e. The van der Waals surface area contributed by atoms with Gasteiger partial charge in [-0.05, 0) is 18.6 Å². The van der Waals surface area contributed by atoms with Crippen LogP contribution in [0.25, 0.3) is 0 Å². The molecular formula is C11H15FO2. The highest BCUT2D eigenvalue weighted by Crippen LogP contribution is 2.19. The zero-order valence-corrected chi connectivity index (χ0v) is 8.55. The quantitative estimate of drug-likeness (QED) is 0.677. The fraction of sp³-hybridized carbons (Fsp3) is 0.455. The Hall–Kier alpha value is -1.09. The van der Waals surface area contributed by atoms with Crippen molar-refractivity contribution in [2.24, 2.45) is 0 Å². The Balaban J connectivity index is 2.46. The molecular weight excluding hydrogens is 183 g/mol. The van der Waals surface area contributed by atoms with Crippen molar-refractivity contribution in [3.8, 4) is 5.75 Å². The third-order valence-electron chi connectivity index (χ3n) is 1.91. The molecule has 0 bridgehead atoms. The minimum Gasteiger partial charge on any atom is -0.490 e. The summed E-state index contributed by atoms with van der Waals surface area (Å²) >= 11 is 0. The van der Waals surface area contributed by atoms with Crippen molar-refractivity contribution in [3.05, 3.63) is 29.6 Å². The molecule has 0 amide bonds. The fourth-order valence-corrected chi connectivity index (χ4v) is 1.12. The maximum atomic E-state index is 13.4. The molecule has 0 radical (unpaired) electrons. The standard InChI is InChI=1S/C11H15FO2/c1-9-5-3-6-10(11(9)12)14-8-4-7-13-2/h3,5-6H,4,7-8H2,1-2H3. The van der Waals surface area contributed by atoms with Gasteiger partial charge in [-0.15, -0.1) is 0 Å². The van der Waals surface area contributed by atoms with E-state index in [-0.39, 0.29) is 5.82 Å². The number of methoxy groups -OCH3 is 1. The molecule has 1 aromatic rings. The van der Waals surface area contributed by atoms with Crippen LogP contribution in [-0.4, -0.2) is 20.3 Å². The molecule has 1 aromatic carbocycles. The van der Waals surface area contributed by atoms with Gasteiger partial charge in [0.1, 0.15) is 0 Å². The summed E-state index contributed by atoms with van der Waals surface area (Å²) in [6, 6.07) is 5.14. The Morgan fingerprint density at radius 3 is 2.79 bits per heavy atom. The summed E-state index contributed by atoms with van der Waals surface area (Å²) < 4.78 is 23.5. The molecule has 0 saturated heterocycles. The summed E-state index contributed by atoms with van der Waals surface area (Å²) in [4.78, 5) is 0. The molecule has 0 atom stereocenters. The molecule has 1 rings (SSSR count). The van der Waals surface area contributed by atoms with Crippen LogP contribution in [0.1, 0.15) is 12.0 Å². The Kier molecular flexibility index (Phi) is 4.40. The number of aryl methyl sites for hydroxylation is 1. The summed E-state index contributed by atoms with van der Waals surface area (Å²) in [5.74, 6) is 0.0472. The van der Waals surface area contributed by atoms with Crippen molar-refractivity contribution in [1.82, 2.24) is 0 Å². The van der Waals surface area contributed by atoms with E-state index in [1.165, 1.54) is 0 Å². The van der Waals surface area contributed by atoms with Crippen LogP contribution < -0.4 is 4.74 Å². The van der Waals surface area contributed by atoms with Crippen LogP contribution in [0, 0.1) is 12.7 Å². The van der Waals surface area contributed by atoms with Gasteiger partial charge in [0.15, 0.2) is 11.6 Å². The monoisotopic (exact) mass is 198 g/mol. The molecule has 0 unspecified atom stereocenters. The lowest BCUT2D eigenvalue weighted by Crippen LogP contribution is -2.03. The maximum Gasteiger partial charge on any atom is 0.167 e. The molecule has 3 heteroatoms. The van der Waals surface area contributed by atoms with E-state index >= 15 is 0 Å². The van der Waals surface area contributed by atoms with Crippen LogP contribution in [0.15, 0.2) is 18.2 Å². The van der Waals surface area contributed by atoms with Gasteiger partial charge in [0.2, 0.25) is 0 Å². The van der Waals surface area contributed by atoms with Gasteiger partial charge in [-0.2, -0.15) is 0 Å². The van der Waals surface area contributed by atoms with Gasteiger partial charge in [-0.3, -0.25) is 0 Å². The molecule has 0 aliphatic carbocycles. The normalized spacial score (nSPS) is 10.2. The second kappa shape index (κ2) is 5.60. The second-order valence-electron chi connectivity index (χ2n) is 3.08. The zero-order chi connectivity index (χ0) is 10.4. The molecule has 0 spiro atoms. The van der Waals surface area contributed by atoms with Crippen LogP contribution in [-0.2, 0) is 4.74 Å². The van der Waals surface area contributed by atoms with E-state index in [2.05, 4.69) is 0 Å². The number of benzene rings is 1. The van der Waals surface area contributed by atoms with Gasteiger partial charge >= 0.3 is 0 Å². The minimum atomic E-state index is -0.273. The number of ether oxygens (including phenoxy) is 2. The average Bonchev–Trinajstić information content (AvgIpc) is 2.19. The topological polar surface area (TPSA) is 18.5 Å². The minimum absolute atomic E-state index is 0.273. The number of hydrogen-bond acceptors (Lipinski definition) is 2. The van der Waals surface area contributed by atoms with Gasteiger partial charge in [-0.1, -0.05) is 12.1 Å². The number of rotatable bonds is 5. The van der Waals surface area contributed by atoms with E-state index in [0.29, 0.717) is 24.5 Å². The van der Waals surface area contributed by atoms with E-state index in [4.69, 9.17) is 9.47 Å². The van der Waals surface area contributed by atoms with Crippen molar-refractivity contribution >= 4 is 0 Å². The Bertz CT molecular complexity index is 287. The lowest BCUT2D eigenvalue weighted by atomic mass is 10.2. The van der Waals surface area contributed by atoms with E-state index in [1.54, 1.807) is 32.2 Å². The first-order valence-corrected chi connectivity index (χ1v) is 4.62. The van der Waals surface area contributed by atoms with Crippen LogP contribution in [0.2, 0.25) is 0 Å². The highest BCUT2D eigenvalue weighted by molar-refractivity contribution is 5.29. The third-order valence-corrected chi connectivity index (χ3v) is 1.91. The highest BCUT2D eigenvalue weighted by atomic mass is 19.1. The van der Waals surface area contributed by atoms with Gasteiger partial charge in [0, 0.05) is 20.1 Å². The van der Waals surface area contributed by atoms with Crippen LogP contribution >= 0.6 is 0 Å². The number of halogens is 1. The first-order chi connectivity index (χ1) is 6.75. The van der Waals surface area contributed by atoms with Crippen molar-refractivity contribution in [3.63, 3.8) is 0 Å². The molecule has 0 saturated carbocycles. The van der Waals surface area contributed by atoms with E-state index in [1.807, 2.05) is 0 Å². The molecule has 2 nitrogen and oxygen atoms in total. The van der Waals surface area contributed by atoms with Gasteiger partial charge in [0.05, 0.1) is 6.61 Å². The van der Waals surface area contributed by atoms with Crippen molar-refractivity contribution in [1.29, 1.82) is 0 Å². The van der Waals surface area contributed by atoms with Gasteiger partial charge in [0.25, 0.3) is 0 Å². The zero-order valence-electron chi connectivity index (χ0n) is 8.55. The van der Waals surface area contributed by atoms with Crippen LogP contribution in [0.5, 0.6) is 5.75 Å². The average molecular weight is 198 g/mol. The van der Waals surface area contributed by atoms with Crippen molar-refractivity contribution < 1.29 is 13.9 Å². The molecule has 0 N–H and O–H groups in total. The first-order valence-electron chi connectivity index (χ1n) is 4.62.